The fraction of sp³-hybridized carbons (Fsp3) is 0.708. The Kier molecular flexibility index (Phi) is 8.93. The lowest BCUT2D eigenvalue weighted by Crippen LogP contribution is -2.49. The van der Waals surface area contributed by atoms with E-state index >= 15 is 0 Å². The second-order valence-electron chi connectivity index (χ2n) is 8.92. The lowest BCUT2D eigenvalue weighted by molar-refractivity contribution is -0.133. The second-order valence-corrected chi connectivity index (χ2v) is 10.9. The van der Waals surface area contributed by atoms with E-state index in [1.165, 1.54) is 43.0 Å². The lowest BCUT2D eigenvalue weighted by Gasteiger charge is -2.37. The summed E-state index contributed by atoms with van der Waals surface area (Å²) in [6, 6.07) is 7.01. The van der Waals surface area contributed by atoms with Crippen LogP contribution in [0.2, 0.25) is 0 Å². The molecule has 0 bridgehead atoms. The molecule has 1 aliphatic carbocycles. The molecule has 0 atom stereocenters. The Bertz CT molecular complexity index is 792. The maximum Gasteiger partial charge on any atom is 0.243 e. The molecule has 6 nitrogen and oxygen atoms in total. The van der Waals surface area contributed by atoms with E-state index in [2.05, 4.69) is 4.90 Å². The average Bonchev–Trinajstić information content (AvgIpc) is 2.79. The van der Waals surface area contributed by atoms with Crippen molar-refractivity contribution < 1.29 is 13.2 Å². The molecule has 0 unspecified atom stereocenters. The van der Waals surface area contributed by atoms with Crippen LogP contribution in [0, 0.1) is 5.92 Å². The van der Waals surface area contributed by atoms with Crippen molar-refractivity contribution in [3.63, 3.8) is 0 Å². The number of piperazine rings is 1. The van der Waals surface area contributed by atoms with E-state index in [1.54, 1.807) is 12.1 Å². The molecule has 2 fully saturated rings. The zero-order valence-corrected chi connectivity index (χ0v) is 20.1. The molecule has 174 valence electrons. The molecule has 1 aromatic carbocycles. The highest BCUT2D eigenvalue weighted by molar-refractivity contribution is 7.89. The number of rotatable bonds is 9. The van der Waals surface area contributed by atoms with Gasteiger partial charge < -0.3 is 4.90 Å². The van der Waals surface area contributed by atoms with Crippen LogP contribution >= 0.6 is 0 Å². The minimum Gasteiger partial charge on any atom is -0.340 e. The van der Waals surface area contributed by atoms with Crippen LogP contribution in [0.3, 0.4) is 0 Å². The van der Waals surface area contributed by atoms with Crippen molar-refractivity contribution in [2.75, 3.05) is 45.8 Å². The highest BCUT2D eigenvalue weighted by Crippen LogP contribution is 2.25. The number of nitrogens with zero attached hydrogens (tertiary/aromatic N) is 3. The number of carbonyl (C=O) groups is 1. The largest absolute Gasteiger partial charge is 0.340 e. The van der Waals surface area contributed by atoms with Crippen molar-refractivity contribution in [3.8, 4) is 0 Å². The number of aryl methyl sites for hydroxylation is 1. The highest BCUT2D eigenvalue weighted by Gasteiger charge is 2.24. The zero-order chi connectivity index (χ0) is 22.3. The van der Waals surface area contributed by atoms with Crippen LogP contribution in [0.5, 0.6) is 0 Å². The number of benzene rings is 1. The van der Waals surface area contributed by atoms with Gasteiger partial charge in [-0.25, -0.2) is 8.42 Å². The third-order valence-corrected chi connectivity index (χ3v) is 8.92. The number of hydrogen-bond acceptors (Lipinski definition) is 4. The fourth-order valence-electron chi connectivity index (χ4n) is 4.86. The molecule has 0 radical (unpaired) electrons. The molecule has 2 aliphatic rings. The van der Waals surface area contributed by atoms with Gasteiger partial charge in [-0.2, -0.15) is 4.31 Å². The minimum atomic E-state index is -3.43. The van der Waals surface area contributed by atoms with E-state index in [0.717, 1.165) is 37.7 Å². The van der Waals surface area contributed by atoms with Gasteiger partial charge in [-0.05, 0) is 42.9 Å². The molecule has 1 aromatic rings. The summed E-state index contributed by atoms with van der Waals surface area (Å²) in [5.41, 5.74) is 1.00. The maximum absolute atomic E-state index is 12.7. The predicted octanol–water partition coefficient (Wildman–Crippen LogP) is 3.37. The van der Waals surface area contributed by atoms with Gasteiger partial charge in [-0.3, -0.25) is 9.69 Å². The van der Waals surface area contributed by atoms with E-state index in [-0.39, 0.29) is 5.91 Å². The van der Waals surface area contributed by atoms with Crippen molar-refractivity contribution in [3.05, 3.63) is 29.8 Å². The average molecular weight is 450 g/mol. The van der Waals surface area contributed by atoms with E-state index in [9.17, 15) is 13.2 Å². The Morgan fingerprint density at radius 3 is 2.16 bits per heavy atom. The van der Waals surface area contributed by atoms with Crippen LogP contribution in [0.4, 0.5) is 0 Å². The number of hydrogen-bond donors (Lipinski definition) is 0. The van der Waals surface area contributed by atoms with Crippen molar-refractivity contribution in [2.24, 2.45) is 5.92 Å². The number of amides is 1. The van der Waals surface area contributed by atoms with E-state index < -0.39 is 10.0 Å². The first-order valence-corrected chi connectivity index (χ1v) is 13.5. The standard InChI is InChI=1S/C24H39N3O3S/c1-3-27(4-2)31(29,30)23-13-10-21(11-14-23)12-15-24(28)26-18-16-25(17-19-26)20-22-8-6-5-7-9-22/h10-11,13-14,22H,3-9,12,15-20H2,1-2H3. The van der Waals surface area contributed by atoms with Gasteiger partial charge in [0.25, 0.3) is 0 Å². The molecule has 0 N–H and O–H groups in total. The Labute approximate surface area is 188 Å². The summed E-state index contributed by atoms with van der Waals surface area (Å²) in [5.74, 6) is 1.06. The Balaban J connectivity index is 1.43. The molecule has 1 heterocycles. The maximum atomic E-state index is 12.7. The van der Waals surface area contributed by atoms with Crippen molar-refractivity contribution in [2.45, 2.75) is 63.7 Å². The first kappa shape index (κ1) is 24.2. The summed E-state index contributed by atoms with van der Waals surface area (Å²) < 4.78 is 26.6. The SMILES string of the molecule is CCN(CC)S(=O)(=O)c1ccc(CCC(=O)N2CCN(CC3CCCCC3)CC2)cc1. The number of sulfonamides is 1. The molecule has 7 heteroatoms. The first-order valence-electron chi connectivity index (χ1n) is 12.0. The quantitative estimate of drug-likeness (QED) is 0.580. The van der Waals surface area contributed by atoms with Gasteiger partial charge in [0.05, 0.1) is 4.90 Å². The molecule has 1 saturated carbocycles. The monoisotopic (exact) mass is 449 g/mol. The van der Waals surface area contributed by atoms with Gasteiger partial charge >= 0.3 is 0 Å². The number of carbonyl (C=O) groups excluding carboxylic acids is 1. The van der Waals surface area contributed by atoms with Gasteiger partial charge in [0, 0.05) is 52.2 Å². The fourth-order valence-corrected chi connectivity index (χ4v) is 6.32. The van der Waals surface area contributed by atoms with Crippen LogP contribution in [0.15, 0.2) is 29.2 Å². The van der Waals surface area contributed by atoms with E-state index in [4.69, 9.17) is 0 Å². The molecule has 31 heavy (non-hydrogen) atoms. The smallest absolute Gasteiger partial charge is 0.243 e. The molecule has 0 spiro atoms. The first-order chi connectivity index (χ1) is 14.9. The van der Waals surface area contributed by atoms with Crippen LogP contribution in [0.25, 0.3) is 0 Å². The zero-order valence-electron chi connectivity index (χ0n) is 19.3. The normalized spacial score (nSPS) is 19.1. The summed E-state index contributed by atoms with van der Waals surface area (Å²) in [6.45, 7) is 9.43. The molecule has 3 rings (SSSR count). The molecular weight excluding hydrogens is 410 g/mol. The topological polar surface area (TPSA) is 60.9 Å². The molecule has 1 amide bonds. The molecular formula is C24H39N3O3S. The van der Waals surface area contributed by atoms with Crippen LogP contribution in [-0.2, 0) is 21.2 Å². The summed E-state index contributed by atoms with van der Waals surface area (Å²) in [6.07, 6.45) is 8.02. The van der Waals surface area contributed by atoms with Crippen LogP contribution in [-0.4, -0.2) is 74.2 Å². The summed E-state index contributed by atoms with van der Waals surface area (Å²) in [4.78, 5) is 17.5. The van der Waals surface area contributed by atoms with Crippen molar-refractivity contribution >= 4 is 15.9 Å². The van der Waals surface area contributed by atoms with Crippen molar-refractivity contribution in [1.82, 2.24) is 14.1 Å². The predicted molar refractivity (Wildman–Crippen MR) is 124 cm³/mol. The van der Waals surface area contributed by atoms with E-state index in [0.29, 0.717) is 30.8 Å². The lowest BCUT2D eigenvalue weighted by atomic mass is 9.89. The van der Waals surface area contributed by atoms with Crippen LogP contribution in [0.1, 0.15) is 57.9 Å². The van der Waals surface area contributed by atoms with Gasteiger partial charge in [-0.15, -0.1) is 0 Å². The molecule has 1 aliphatic heterocycles. The second kappa shape index (κ2) is 11.4. The van der Waals surface area contributed by atoms with Gasteiger partial charge in [0.1, 0.15) is 0 Å². The highest BCUT2D eigenvalue weighted by atomic mass is 32.2. The summed E-state index contributed by atoms with van der Waals surface area (Å²) in [5, 5.41) is 0. The summed E-state index contributed by atoms with van der Waals surface area (Å²) >= 11 is 0. The van der Waals surface area contributed by atoms with Gasteiger partial charge in [-0.1, -0.05) is 45.2 Å². The van der Waals surface area contributed by atoms with Crippen molar-refractivity contribution in [1.29, 1.82) is 0 Å². The Hall–Kier alpha value is -1.44. The van der Waals surface area contributed by atoms with Gasteiger partial charge in [0.2, 0.25) is 15.9 Å². The van der Waals surface area contributed by atoms with Crippen LogP contribution < -0.4 is 0 Å². The Morgan fingerprint density at radius 1 is 0.968 bits per heavy atom. The summed E-state index contributed by atoms with van der Waals surface area (Å²) in [7, 11) is -3.43. The van der Waals surface area contributed by atoms with Gasteiger partial charge in [0.15, 0.2) is 0 Å². The molecule has 0 aromatic heterocycles. The minimum absolute atomic E-state index is 0.206. The Morgan fingerprint density at radius 2 is 1.58 bits per heavy atom. The van der Waals surface area contributed by atoms with E-state index in [1.807, 2.05) is 30.9 Å². The third-order valence-electron chi connectivity index (χ3n) is 6.86. The third kappa shape index (κ3) is 6.53. The molecule has 1 saturated heterocycles.